The van der Waals surface area contributed by atoms with Crippen LogP contribution in [0.2, 0.25) is 0 Å². The van der Waals surface area contributed by atoms with Crippen LogP contribution in [0.3, 0.4) is 0 Å². The first-order valence-corrected chi connectivity index (χ1v) is 9.61. The fourth-order valence-electron chi connectivity index (χ4n) is 3.41. The molecule has 34 heavy (non-hydrogen) atoms. The van der Waals surface area contributed by atoms with Crippen LogP contribution in [0.1, 0.15) is 29.9 Å². The number of fused-ring (bicyclic) bond motifs is 1. The first kappa shape index (κ1) is 22.0. The van der Waals surface area contributed by atoms with Crippen LogP contribution < -0.4 is 22.3 Å². The van der Waals surface area contributed by atoms with Crippen molar-refractivity contribution in [2.75, 3.05) is 16.8 Å². The third-order valence-electron chi connectivity index (χ3n) is 4.88. The van der Waals surface area contributed by atoms with Crippen molar-refractivity contribution in [2.45, 2.75) is 13.0 Å². The molecule has 0 fully saturated rings. The van der Waals surface area contributed by atoms with Crippen LogP contribution in [-0.4, -0.2) is 24.5 Å². The lowest BCUT2D eigenvalue weighted by Gasteiger charge is -2.21. The summed E-state index contributed by atoms with van der Waals surface area (Å²) in [6, 6.07) is 5.97. The molecule has 5 N–H and O–H groups in total. The minimum Gasteiger partial charge on any atom is -0.382 e. The summed E-state index contributed by atoms with van der Waals surface area (Å²) in [4.78, 5) is 29.2. The highest BCUT2D eigenvalue weighted by Crippen LogP contribution is 2.26. The average molecular weight is 460 g/mol. The third kappa shape index (κ3) is 3.67. The lowest BCUT2D eigenvalue weighted by molar-refractivity contribution is 0.616. The van der Waals surface area contributed by atoms with Crippen LogP contribution in [0, 0.1) is 34.3 Å². The van der Waals surface area contributed by atoms with Crippen LogP contribution in [-0.2, 0) is 0 Å². The van der Waals surface area contributed by atoms with Gasteiger partial charge in [0.2, 0.25) is 5.95 Å². The number of rotatable bonds is 4. The summed E-state index contributed by atoms with van der Waals surface area (Å²) in [7, 11) is 0. The Morgan fingerprint density at radius 3 is 2.56 bits per heavy atom. The van der Waals surface area contributed by atoms with Gasteiger partial charge in [-0.05, 0) is 19.1 Å². The molecule has 0 aliphatic carbocycles. The molecule has 1 aromatic carbocycles. The summed E-state index contributed by atoms with van der Waals surface area (Å²) in [6.07, 6.45) is 2.15. The zero-order valence-electron chi connectivity index (χ0n) is 17.4. The Bertz CT molecular complexity index is 1600. The molecule has 4 aromatic rings. The molecule has 3 aromatic heterocycles. The molecule has 0 aliphatic rings. The molecule has 4 rings (SSSR count). The molecule has 0 amide bonds. The molecule has 1 unspecified atom stereocenters. The molecular weight excluding hydrogens is 446 g/mol. The largest absolute Gasteiger partial charge is 0.382 e. The molecule has 0 bridgehead atoms. The first-order chi connectivity index (χ1) is 16.2. The Labute approximate surface area is 190 Å². The fraction of sp³-hybridized carbons (Fsp3) is 0.0952. The number of nitriles is 2. The summed E-state index contributed by atoms with van der Waals surface area (Å²) in [5, 5.41) is 21.4. The first-order valence-electron chi connectivity index (χ1n) is 9.61. The molecule has 168 valence electrons. The highest BCUT2D eigenvalue weighted by molar-refractivity contribution is 5.85. The van der Waals surface area contributed by atoms with Crippen molar-refractivity contribution in [3.63, 3.8) is 0 Å². The zero-order valence-corrected chi connectivity index (χ0v) is 17.4. The van der Waals surface area contributed by atoms with Crippen molar-refractivity contribution in [2.24, 2.45) is 0 Å². The highest BCUT2D eigenvalue weighted by Gasteiger charge is 2.23. The van der Waals surface area contributed by atoms with Crippen molar-refractivity contribution >= 4 is 28.5 Å². The van der Waals surface area contributed by atoms with Gasteiger partial charge in [0.15, 0.2) is 5.82 Å². The second-order valence-electron chi connectivity index (χ2n) is 7.07. The molecular formula is C21H14F2N10O. The molecule has 13 heteroatoms. The van der Waals surface area contributed by atoms with Crippen LogP contribution >= 0.6 is 0 Å². The molecule has 0 saturated heterocycles. The van der Waals surface area contributed by atoms with E-state index in [0.717, 1.165) is 29.0 Å². The van der Waals surface area contributed by atoms with Gasteiger partial charge in [0.1, 0.15) is 46.5 Å². The second kappa shape index (κ2) is 8.40. The van der Waals surface area contributed by atoms with Crippen molar-refractivity contribution < 1.29 is 8.78 Å². The van der Waals surface area contributed by atoms with E-state index < -0.39 is 23.2 Å². The number of aromatic nitrogens is 5. The minimum absolute atomic E-state index is 0.0153. The normalized spacial score (nSPS) is 11.6. The van der Waals surface area contributed by atoms with E-state index in [1.165, 1.54) is 6.20 Å². The summed E-state index contributed by atoms with van der Waals surface area (Å²) in [6.45, 7) is 1.54. The summed E-state index contributed by atoms with van der Waals surface area (Å²) < 4.78 is 29.6. The standard InChI is InChI=1S/C21H14F2N10O/c1-9(29-18-13(6-25)17(26)31-21(27)32-18)19-30-16-14(23)3-2-10(5-24)15(16)20(34)33(19)12-4-11(22)7-28-8-12/h2-4,7-9H,1H3,(H5,26,27,29,31,32). The van der Waals surface area contributed by atoms with Gasteiger partial charge in [0, 0.05) is 6.07 Å². The van der Waals surface area contributed by atoms with Gasteiger partial charge in [-0.3, -0.25) is 14.3 Å². The number of halogens is 2. The van der Waals surface area contributed by atoms with E-state index in [9.17, 15) is 24.1 Å². The number of nitrogens with two attached hydrogens (primary N) is 2. The van der Waals surface area contributed by atoms with E-state index >= 15 is 0 Å². The Balaban J connectivity index is 2.02. The maximum Gasteiger partial charge on any atom is 0.267 e. The van der Waals surface area contributed by atoms with Crippen LogP contribution in [0.15, 0.2) is 35.4 Å². The van der Waals surface area contributed by atoms with Crippen molar-refractivity contribution in [3.8, 4) is 17.8 Å². The maximum atomic E-state index is 14.7. The fourth-order valence-corrected chi connectivity index (χ4v) is 3.41. The van der Waals surface area contributed by atoms with Gasteiger partial charge in [-0.1, -0.05) is 0 Å². The number of anilines is 3. The van der Waals surface area contributed by atoms with E-state index in [4.69, 9.17) is 11.5 Å². The number of pyridine rings is 1. The van der Waals surface area contributed by atoms with E-state index in [1.54, 1.807) is 6.92 Å². The zero-order chi connectivity index (χ0) is 24.6. The number of nitrogens with one attached hydrogen (secondary N) is 1. The van der Waals surface area contributed by atoms with E-state index in [2.05, 4.69) is 25.3 Å². The van der Waals surface area contributed by atoms with Gasteiger partial charge in [-0.15, -0.1) is 0 Å². The predicted molar refractivity (Wildman–Crippen MR) is 117 cm³/mol. The van der Waals surface area contributed by atoms with Crippen molar-refractivity contribution in [1.82, 2.24) is 24.5 Å². The number of hydrogen-bond donors (Lipinski definition) is 3. The van der Waals surface area contributed by atoms with E-state index in [0.29, 0.717) is 0 Å². The molecule has 0 radical (unpaired) electrons. The van der Waals surface area contributed by atoms with Gasteiger partial charge in [-0.25, -0.2) is 13.8 Å². The molecule has 0 saturated carbocycles. The van der Waals surface area contributed by atoms with E-state index in [-0.39, 0.29) is 51.1 Å². The minimum atomic E-state index is -0.925. The Morgan fingerprint density at radius 1 is 1.12 bits per heavy atom. The number of nitrogens with zero attached hydrogens (tertiary/aromatic N) is 7. The maximum absolute atomic E-state index is 14.7. The highest BCUT2D eigenvalue weighted by atomic mass is 19.1. The van der Waals surface area contributed by atoms with Gasteiger partial charge >= 0.3 is 0 Å². The smallest absolute Gasteiger partial charge is 0.267 e. The lowest BCUT2D eigenvalue weighted by atomic mass is 10.1. The topological polar surface area (TPSA) is 185 Å². The SMILES string of the molecule is CC(Nc1nc(N)nc(N)c1C#N)c1nc2c(F)ccc(C#N)c2c(=O)n1-c1cncc(F)c1. The van der Waals surface area contributed by atoms with Crippen molar-refractivity contribution in [1.29, 1.82) is 10.5 Å². The monoisotopic (exact) mass is 460 g/mol. The Kier molecular flexibility index (Phi) is 5.45. The summed E-state index contributed by atoms with van der Waals surface area (Å²) >= 11 is 0. The Morgan fingerprint density at radius 2 is 1.88 bits per heavy atom. The quantitative estimate of drug-likeness (QED) is 0.406. The molecule has 1 atom stereocenters. The molecule has 11 nitrogen and oxygen atoms in total. The average Bonchev–Trinajstić information content (AvgIpc) is 2.79. The summed E-state index contributed by atoms with van der Waals surface area (Å²) in [5.74, 6) is -2.10. The second-order valence-corrected chi connectivity index (χ2v) is 7.07. The van der Waals surface area contributed by atoms with Gasteiger partial charge in [-0.2, -0.15) is 20.5 Å². The lowest BCUT2D eigenvalue weighted by Crippen LogP contribution is -2.28. The molecule has 0 spiro atoms. The van der Waals surface area contributed by atoms with Gasteiger partial charge in [0.05, 0.1) is 35.1 Å². The number of benzene rings is 1. The molecule has 3 heterocycles. The summed E-state index contributed by atoms with van der Waals surface area (Å²) in [5.41, 5.74) is 9.97. The third-order valence-corrected chi connectivity index (χ3v) is 4.88. The number of hydrogen-bond acceptors (Lipinski definition) is 10. The predicted octanol–water partition coefficient (Wildman–Crippen LogP) is 1.93. The van der Waals surface area contributed by atoms with Crippen molar-refractivity contribution in [3.05, 3.63) is 69.5 Å². The molecule has 0 aliphatic heterocycles. The van der Waals surface area contributed by atoms with Crippen LogP contribution in [0.25, 0.3) is 16.6 Å². The van der Waals surface area contributed by atoms with Crippen LogP contribution in [0.5, 0.6) is 0 Å². The van der Waals surface area contributed by atoms with Gasteiger partial charge in [0.25, 0.3) is 5.56 Å². The Hall–Kier alpha value is -5.17. The van der Waals surface area contributed by atoms with Gasteiger partial charge < -0.3 is 16.8 Å². The number of nitrogen functional groups attached to an aromatic ring is 2. The van der Waals surface area contributed by atoms with Crippen LogP contribution in [0.4, 0.5) is 26.4 Å². The van der Waals surface area contributed by atoms with E-state index in [1.807, 2.05) is 12.1 Å².